The van der Waals surface area contributed by atoms with Gasteiger partial charge in [0.1, 0.15) is 0 Å². The van der Waals surface area contributed by atoms with Crippen LogP contribution in [0.3, 0.4) is 0 Å². The van der Waals surface area contributed by atoms with Crippen molar-refractivity contribution in [3.63, 3.8) is 0 Å². The van der Waals surface area contributed by atoms with Gasteiger partial charge in [-0.15, -0.1) is 11.3 Å². The second-order valence-electron chi connectivity index (χ2n) is 5.95. The van der Waals surface area contributed by atoms with Crippen LogP contribution in [0.5, 0.6) is 0 Å². The Kier molecular flexibility index (Phi) is 3.68. The quantitative estimate of drug-likeness (QED) is 0.855. The van der Waals surface area contributed by atoms with Gasteiger partial charge >= 0.3 is 0 Å². The van der Waals surface area contributed by atoms with E-state index in [-0.39, 0.29) is 17.6 Å². The van der Waals surface area contributed by atoms with Gasteiger partial charge in [-0.2, -0.15) is 0 Å². The van der Waals surface area contributed by atoms with E-state index in [0.29, 0.717) is 11.4 Å². The summed E-state index contributed by atoms with van der Waals surface area (Å²) >= 11 is 4.92. The molecule has 0 bridgehead atoms. The van der Waals surface area contributed by atoms with Gasteiger partial charge in [-0.3, -0.25) is 9.78 Å². The first kappa shape index (κ1) is 14.6. The van der Waals surface area contributed by atoms with Gasteiger partial charge in [0.2, 0.25) is 0 Å². The van der Waals surface area contributed by atoms with Gasteiger partial charge < -0.3 is 15.4 Å². The Hall–Kier alpha value is -1.02. The summed E-state index contributed by atoms with van der Waals surface area (Å²) in [6, 6.07) is 1.90. The fourth-order valence-corrected chi connectivity index (χ4v) is 4.20. The number of ether oxygens (including phenoxy) is 1. The normalized spacial score (nSPS) is 22.9. The SMILES string of the molecule is O=C(NCC1CNC2(CC2)CO1)c1cc2c(Br)cncc2s1. The highest BCUT2D eigenvalue weighted by Gasteiger charge is 2.45. The van der Waals surface area contributed by atoms with Gasteiger partial charge in [0.15, 0.2) is 0 Å². The molecule has 1 aliphatic carbocycles. The van der Waals surface area contributed by atoms with Gasteiger partial charge in [0.25, 0.3) is 5.91 Å². The molecule has 22 heavy (non-hydrogen) atoms. The lowest BCUT2D eigenvalue weighted by molar-refractivity contribution is -0.00153. The summed E-state index contributed by atoms with van der Waals surface area (Å²) < 4.78 is 7.75. The maximum atomic E-state index is 12.3. The molecule has 3 heterocycles. The van der Waals surface area contributed by atoms with Gasteiger partial charge in [-0.05, 0) is 34.8 Å². The average Bonchev–Trinajstić information content (AvgIpc) is 3.12. The molecule has 2 aliphatic rings. The molecular weight excluding hydrogens is 366 g/mol. The fourth-order valence-electron chi connectivity index (χ4n) is 2.65. The number of nitrogens with zero attached hydrogens (tertiary/aromatic N) is 1. The Morgan fingerprint density at radius 3 is 3.09 bits per heavy atom. The third-order valence-corrected chi connectivity index (χ3v) is 5.97. The Labute approximate surface area is 140 Å². The van der Waals surface area contributed by atoms with E-state index in [0.717, 1.165) is 27.7 Å². The second-order valence-corrected chi connectivity index (χ2v) is 7.89. The van der Waals surface area contributed by atoms with E-state index in [1.54, 1.807) is 12.4 Å². The Morgan fingerprint density at radius 1 is 1.55 bits per heavy atom. The number of pyridine rings is 1. The van der Waals surface area contributed by atoms with E-state index < -0.39 is 0 Å². The molecule has 5 nitrogen and oxygen atoms in total. The smallest absolute Gasteiger partial charge is 0.261 e. The highest BCUT2D eigenvalue weighted by Crippen LogP contribution is 2.37. The van der Waals surface area contributed by atoms with Crippen LogP contribution in [0.4, 0.5) is 0 Å². The van der Waals surface area contributed by atoms with Crippen molar-refractivity contribution in [1.29, 1.82) is 0 Å². The summed E-state index contributed by atoms with van der Waals surface area (Å²) in [6.45, 7) is 2.10. The fraction of sp³-hybridized carbons (Fsp3) is 0.467. The third-order valence-electron chi connectivity index (χ3n) is 4.27. The Morgan fingerprint density at radius 2 is 2.41 bits per heavy atom. The summed E-state index contributed by atoms with van der Waals surface area (Å²) in [7, 11) is 0. The molecule has 1 unspecified atom stereocenters. The summed E-state index contributed by atoms with van der Waals surface area (Å²) in [5, 5.41) is 7.52. The molecule has 1 spiro atoms. The van der Waals surface area contributed by atoms with Crippen molar-refractivity contribution in [2.45, 2.75) is 24.5 Å². The molecule has 4 rings (SSSR count). The number of thiophene rings is 1. The van der Waals surface area contributed by atoms with Crippen molar-refractivity contribution in [3.05, 3.63) is 27.8 Å². The van der Waals surface area contributed by atoms with Crippen molar-refractivity contribution in [2.24, 2.45) is 0 Å². The predicted molar refractivity (Wildman–Crippen MR) is 89.4 cm³/mol. The minimum Gasteiger partial charge on any atom is -0.373 e. The van der Waals surface area contributed by atoms with Crippen molar-refractivity contribution in [2.75, 3.05) is 19.7 Å². The number of morpholine rings is 1. The molecule has 1 saturated carbocycles. The van der Waals surface area contributed by atoms with Crippen LogP contribution < -0.4 is 10.6 Å². The lowest BCUT2D eigenvalue weighted by Crippen LogP contribution is -2.51. The average molecular weight is 382 g/mol. The number of amides is 1. The van der Waals surface area contributed by atoms with Gasteiger partial charge in [0.05, 0.1) is 22.3 Å². The first-order valence-electron chi connectivity index (χ1n) is 7.33. The summed E-state index contributed by atoms with van der Waals surface area (Å²) in [6.07, 6.45) is 5.99. The minimum atomic E-state index is -0.0524. The Balaban J connectivity index is 1.38. The zero-order valence-corrected chi connectivity index (χ0v) is 14.3. The van der Waals surface area contributed by atoms with Gasteiger partial charge in [0, 0.05) is 40.9 Å². The first-order chi connectivity index (χ1) is 10.7. The number of carbonyl (C=O) groups is 1. The minimum absolute atomic E-state index is 0.0524. The number of halogens is 1. The van der Waals surface area contributed by atoms with E-state index in [2.05, 4.69) is 31.5 Å². The van der Waals surface area contributed by atoms with Crippen LogP contribution in [0.15, 0.2) is 22.9 Å². The molecule has 1 saturated heterocycles. The van der Waals surface area contributed by atoms with Crippen molar-refractivity contribution in [1.82, 2.24) is 15.6 Å². The van der Waals surface area contributed by atoms with E-state index in [1.165, 1.54) is 24.2 Å². The third kappa shape index (κ3) is 2.78. The van der Waals surface area contributed by atoms with Crippen LogP contribution in [-0.4, -0.2) is 42.2 Å². The number of fused-ring (bicyclic) bond motifs is 1. The van der Waals surface area contributed by atoms with Gasteiger partial charge in [-0.25, -0.2) is 0 Å². The van der Waals surface area contributed by atoms with Crippen LogP contribution in [0.1, 0.15) is 22.5 Å². The molecule has 116 valence electrons. The second kappa shape index (κ2) is 5.56. The first-order valence-corrected chi connectivity index (χ1v) is 8.94. The Bertz CT molecular complexity index is 719. The van der Waals surface area contributed by atoms with E-state index >= 15 is 0 Å². The lowest BCUT2D eigenvalue weighted by atomic mass is 10.2. The number of aromatic nitrogens is 1. The van der Waals surface area contributed by atoms with Crippen LogP contribution in [0, 0.1) is 0 Å². The molecule has 1 amide bonds. The number of carbonyl (C=O) groups excluding carboxylic acids is 1. The molecule has 0 aromatic carbocycles. The zero-order valence-electron chi connectivity index (χ0n) is 11.9. The maximum Gasteiger partial charge on any atom is 0.261 e. The highest BCUT2D eigenvalue weighted by atomic mass is 79.9. The predicted octanol–water partition coefficient (Wildman–Crippen LogP) is 2.31. The van der Waals surface area contributed by atoms with Crippen molar-refractivity contribution in [3.8, 4) is 0 Å². The van der Waals surface area contributed by atoms with Crippen LogP contribution in [0.2, 0.25) is 0 Å². The summed E-state index contributed by atoms with van der Waals surface area (Å²) in [5.74, 6) is -0.0524. The number of rotatable bonds is 3. The molecular formula is C15H16BrN3O2S. The van der Waals surface area contributed by atoms with Crippen molar-refractivity contribution < 1.29 is 9.53 Å². The molecule has 0 radical (unpaired) electrons. The summed E-state index contributed by atoms with van der Waals surface area (Å²) in [5.41, 5.74) is 0.255. The van der Waals surface area contributed by atoms with Crippen LogP contribution >= 0.6 is 27.3 Å². The number of nitrogens with one attached hydrogen (secondary N) is 2. The van der Waals surface area contributed by atoms with Crippen LogP contribution in [0.25, 0.3) is 10.1 Å². The topological polar surface area (TPSA) is 63.2 Å². The monoisotopic (exact) mass is 381 g/mol. The standard InChI is InChI=1S/C15H16BrN3O2S/c16-11-6-17-7-13-10(11)3-12(22-13)14(20)18-4-9-5-19-15(1-2-15)8-21-9/h3,6-7,9,19H,1-2,4-5,8H2,(H,18,20). The molecule has 1 aliphatic heterocycles. The van der Waals surface area contributed by atoms with E-state index in [1.807, 2.05) is 6.07 Å². The maximum absolute atomic E-state index is 12.3. The highest BCUT2D eigenvalue weighted by molar-refractivity contribution is 9.10. The van der Waals surface area contributed by atoms with Crippen LogP contribution in [-0.2, 0) is 4.74 Å². The van der Waals surface area contributed by atoms with E-state index in [9.17, 15) is 4.79 Å². The largest absolute Gasteiger partial charge is 0.373 e. The number of hydrogen-bond acceptors (Lipinski definition) is 5. The lowest BCUT2D eigenvalue weighted by Gasteiger charge is -2.30. The zero-order chi connectivity index (χ0) is 15.2. The molecule has 7 heteroatoms. The van der Waals surface area contributed by atoms with Gasteiger partial charge in [-0.1, -0.05) is 0 Å². The molecule has 2 aromatic rings. The molecule has 2 fully saturated rings. The molecule has 2 N–H and O–H groups in total. The van der Waals surface area contributed by atoms with E-state index in [4.69, 9.17) is 4.74 Å². The summed E-state index contributed by atoms with van der Waals surface area (Å²) in [4.78, 5) is 17.1. The molecule has 2 aromatic heterocycles. The van der Waals surface area contributed by atoms with Crippen molar-refractivity contribution >= 4 is 43.3 Å². The number of hydrogen-bond donors (Lipinski definition) is 2. The molecule has 1 atom stereocenters.